The van der Waals surface area contributed by atoms with E-state index in [1.54, 1.807) is 0 Å². The zero-order chi connectivity index (χ0) is 6.41. The highest BCUT2D eigenvalue weighted by molar-refractivity contribution is 7.78. The molecular weight excluding hydrogens is 120 g/mol. The lowest BCUT2D eigenvalue weighted by molar-refractivity contribution is 0.963. The molecule has 0 saturated carbocycles. The summed E-state index contributed by atoms with van der Waals surface area (Å²) in [6.07, 6.45) is 1.78. The van der Waals surface area contributed by atoms with Crippen LogP contribution >= 0.6 is 12.2 Å². The minimum absolute atomic E-state index is 0.502. The molecule has 3 heteroatoms. The standard InChI is InChI=1S/C5H10N2S/c1-2-3-5(6)7-4-8/h4H,2-3H2,1H3,(H2,6,7,8). The minimum atomic E-state index is 0.502. The summed E-state index contributed by atoms with van der Waals surface area (Å²) in [5.74, 6) is 0.502. The topological polar surface area (TPSA) is 35.9 Å². The van der Waals surface area contributed by atoms with Crippen molar-refractivity contribution < 1.29 is 0 Å². The smallest absolute Gasteiger partial charge is 0.0977 e. The molecule has 0 rings (SSSR count). The van der Waals surface area contributed by atoms with Gasteiger partial charge in [0.15, 0.2) is 0 Å². The minimum Gasteiger partial charge on any atom is -0.341 e. The maximum Gasteiger partial charge on any atom is 0.0977 e. The van der Waals surface area contributed by atoms with Crippen LogP contribution in [0.1, 0.15) is 19.8 Å². The Morgan fingerprint density at radius 1 is 1.88 bits per heavy atom. The van der Waals surface area contributed by atoms with Crippen LogP contribution < -0.4 is 5.32 Å². The molecule has 0 heterocycles. The predicted octanol–water partition coefficient (Wildman–Crippen LogP) is 1.31. The number of amidine groups is 1. The first kappa shape index (κ1) is 7.56. The molecule has 0 saturated heterocycles. The van der Waals surface area contributed by atoms with E-state index < -0.39 is 0 Å². The first-order valence-corrected chi connectivity index (χ1v) is 3.06. The molecule has 0 amide bonds. The van der Waals surface area contributed by atoms with Gasteiger partial charge in [-0.3, -0.25) is 5.41 Å². The Kier molecular flexibility index (Phi) is 4.45. The molecule has 2 N–H and O–H groups in total. The maximum absolute atomic E-state index is 7.08. The van der Waals surface area contributed by atoms with Crippen LogP contribution in [0, 0.1) is 5.41 Å². The number of nitrogens with one attached hydrogen (secondary N) is 2. The predicted molar refractivity (Wildman–Crippen MR) is 39.4 cm³/mol. The zero-order valence-electron chi connectivity index (χ0n) is 4.90. The van der Waals surface area contributed by atoms with Crippen LogP contribution in [0.15, 0.2) is 0 Å². The molecule has 0 aromatic rings. The van der Waals surface area contributed by atoms with Crippen molar-refractivity contribution in [3.05, 3.63) is 0 Å². The first-order valence-electron chi connectivity index (χ1n) is 2.59. The van der Waals surface area contributed by atoms with Gasteiger partial charge in [0.1, 0.15) is 0 Å². The second-order valence-electron chi connectivity index (χ2n) is 1.49. The number of hydrogen-bond donors (Lipinski definition) is 2. The van der Waals surface area contributed by atoms with Gasteiger partial charge in [0, 0.05) is 6.42 Å². The van der Waals surface area contributed by atoms with Gasteiger partial charge in [-0.15, -0.1) is 0 Å². The third-order valence-electron chi connectivity index (χ3n) is 0.733. The third kappa shape index (κ3) is 3.74. The van der Waals surface area contributed by atoms with Crippen LogP contribution in [0.5, 0.6) is 0 Å². The summed E-state index contributed by atoms with van der Waals surface area (Å²) in [6, 6.07) is 0. The quantitative estimate of drug-likeness (QED) is 0.343. The fourth-order valence-corrected chi connectivity index (χ4v) is 0.536. The van der Waals surface area contributed by atoms with E-state index in [2.05, 4.69) is 17.5 Å². The summed E-state index contributed by atoms with van der Waals surface area (Å²) in [4.78, 5) is 0. The molecule has 0 aliphatic carbocycles. The van der Waals surface area contributed by atoms with Crippen molar-refractivity contribution in [3.63, 3.8) is 0 Å². The van der Waals surface area contributed by atoms with Crippen molar-refractivity contribution in [3.8, 4) is 0 Å². The van der Waals surface area contributed by atoms with Gasteiger partial charge in [-0.05, 0) is 6.42 Å². The van der Waals surface area contributed by atoms with Crippen molar-refractivity contribution in [2.45, 2.75) is 19.8 Å². The zero-order valence-corrected chi connectivity index (χ0v) is 5.72. The lowest BCUT2D eigenvalue weighted by Crippen LogP contribution is -2.18. The molecule has 0 spiro atoms. The lowest BCUT2D eigenvalue weighted by Gasteiger charge is -1.96. The summed E-state index contributed by atoms with van der Waals surface area (Å²) in [6.45, 7) is 2.03. The number of rotatable bonds is 3. The Balaban J connectivity index is 3.18. The molecule has 0 aliphatic heterocycles. The van der Waals surface area contributed by atoms with Crippen LogP contribution in [0.4, 0.5) is 0 Å². The van der Waals surface area contributed by atoms with Crippen molar-refractivity contribution in [1.29, 1.82) is 5.41 Å². The normalized spacial score (nSPS) is 8.12. The highest BCUT2D eigenvalue weighted by atomic mass is 32.1. The van der Waals surface area contributed by atoms with Gasteiger partial charge in [0.05, 0.1) is 11.3 Å². The Morgan fingerprint density at radius 3 is 2.88 bits per heavy atom. The van der Waals surface area contributed by atoms with Gasteiger partial charge in [0.2, 0.25) is 0 Å². The molecule has 0 aromatic heterocycles. The molecule has 2 nitrogen and oxygen atoms in total. The van der Waals surface area contributed by atoms with E-state index in [1.165, 1.54) is 5.49 Å². The molecule has 0 radical (unpaired) electrons. The largest absolute Gasteiger partial charge is 0.341 e. The number of thiocarbonyl (C=S) groups is 1. The number of hydrogen-bond acceptors (Lipinski definition) is 2. The summed E-state index contributed by atoms with van der Waals surface area (Å²) in [5, 5.41) is 9.70. The van der Waals surface area contributed by atoms with Crippen LogP contribution in [0.25, 0.3) is 0 Å². The van der Waals surface area contributed by atoms with Gasteiger partial charge >= 0.3 is 0 Å². The van der Waals surface area contributed by atoms with Crippen molar-refractivity contribution in [2.75, 3.05) is 0 Å². The van der Waals surface area contributed by atoms with E-state index in [1.807, 2.05) is 6.92 Å². The summed E-state index contributed by atoms with van der Waals surface area (Å²) in [5.41, 5.74) is 1.36. The van der Waals surface area contributed by atoms with E-state index in [9.17, 15) is 0 Å². The summed E-state index contributed by atoms with van der Waals surface area (Å²) >= 11 is 4.47. The molecule has 8 heavy (non-hydrogen) atoms. The fourth-order valence-electron chi connectivity index (χ4n) is 0.393. The van der Waals surface area contributed by atoms with Crippen LogP contribution in [-0.4, -0.2) is 11.3 Å². The average Bonchev–Trinajstić information content (AvgIpc) is 1.68. The monoisotopic (exact) mass is 130 g/mol. The van der Waals surface area contributed by atoms with E-state index in [-0.39, 0.29) is 0 Å². The Bertz CT molecular complexity index is 90.4. The summed E-state index contributed by atoms with van der Waals surface area (Å²) in [7, 11) is 0. The van der Waals surface area contributed by atoms with Crippen molar-refractivity contribution in [1.82, 2.24) is 5.32 Å². The molecule has 0 aromatic carbocycles. The van der Waals surface area contributed by atoms with Crippen molar-refractivity contribution in [2.24, 2.45) is 0 Å². The second-order valence-corrected chi connectivity index (χ2v) is 1.73. The maximum atomic E-state index is 7.08. The molecule has 0 atom stereocenters. The van der Waals surface area contributed by atoms with Gasteiger partial charge < -0.3 is 5.32 Å². The molecule has 46 valence electrons. The Hall–Kier alpha value is -0.440. The Labute approximate surface area is 54.8 Å². The first-order chi connectivity index (χ1) is 3.81. The fraction of sp³-hybridized carbons (Fsp3) is 0.600. The average molecular weight is 130 g/mol. The summed E-state index contributed by atoms with van der Waals surface area (Å²) < 4.78 is 0. The van der Waals surface area contributed by atoms with Gasteiger partial charge in [-0.1, -0.05) is 19.1 Å². The Morgan fingerprint density at radius 2 is 2.50 bits per heavy atom. The van der Waals surface area contributed by atoms with Gasteiger partial charge in [-0.25, -0.2) is 0 Å². The van der Waals surface area contributed by atoms with Gasteiger partial charge in [0.25, 0.3) is 0 Å². The molecular formula is C5H10N2S. The van der Waals surface area contributed by atoms with Crippen LogP contribution in [-0.2, 0) is 0 Å². The van der Waals surface area contributed by atoms with E-state index in [0.717, 1.165) is 12.8 Å². The van der Waals surface area contributed by atoms with E-state index >= 15 is 0 Å². The van der Waals surface area contributed by atoms with Gasteiger partial charge in [-0.2, -0.15) is 0 Å². The van der Waals surface area contributed by atoms with E-state index in [0.29, 0.717) is 5.84 Å². The highest BCUT2D eigenvalue weighted by Crippen LogP contribution is 1.83. The molecule has 0 aliphatic rings. The molecule has 0 fully saturated rings. The van der Waals surface area contributed by atoms with Crippen LogP contribution in [0.2, 0.25) is 0 Å². The lowest BCUT2D eigenvalue weighted by atomic mass is 10.3. The molecule has 0 unspecified atom stereocenters. The van der Waals surface area contributed by atoms with Crippen LogP contribution in [0.3, 0.4) is 0 Å². The second kappa shape index (κ2) is 4.71. The van der Waals surface area contributed by atoms with E-state index in [4.69, 9.17) is 5.41 Å². The third-order valence-corrected chi connectivity index (χ3v) is 0.851. The SMILES string of the molecule is CCCC(=N)NC=S. The molecule has 0 bridgehead atoms. The highest BCUT2D eigenvalue weighted by Gasteiger charge is 1.86. The van der Waals surface area contributed by atoms with Crippen molar-refractivity contribution >= 4 is 23.5 Å².